The van der Waals surface area contributed by atoms with Crippen molar-refractivity contribution in [2.45, 2.75) is 84.2 Å². The summed E-state index contributed by atoms with van der Waals surface area (Å²) in [6, 6.07) is 25.8. The molecule has 0 aliphatic heterocycles. The van der Waals surface area contributed by atoms with Crippen LogP contribution >= 0.6 is 0 Å². The molecule has 0 saturated heterocycles. The van der Waals surface area contributed by atoms with Crippen molar-refractivity contribution in [1.29, 1.82) is 0 Å². The van der Waals surface area contributed by atoms with Gasteiger partial charge in [-0.1, -0.05) is 113 Å². The van der Waals surface area contributed by atoms with E-state index >= 15 is 0 Å². The minimum Gasteiger partial charge on any atom is -0.376 e. The van der Waals surface area contributed by atoms with E-state index in [1.165, 1.54) is 55.2 Å². The molecule has 0 spiro atoms. The predicted octanol–water partition coefficient (Wildman–Crippen LogP) is 8.00. The highest BCUT2D eigenvalue weighted by molar-refractivity contribution is 5.48. The Balaban J connectivity index is 1.98. The first-order chi connectivity index (χ1) is 15.6. The summed E-state index contributed by atoms with van der Waals surface area (Å²) in [6.07, 6.45) is 10.4. The number of aliphatic hydroxyl groups is 1. The maximum absolute atomic E-state index is 12.2. The Kier molecular flexibility index (Phi) is 9.11. The molecule has 3 aromatic carbocycles. The third kappa shape index (κ3) is 5.90. The molecular formula is C31H40O. The van der Waals surface area contributed by atoms with Crippen LogP contribution in [0.3, 0.4) is 0 Å². The summed E-state index contributed by atoms with van der Waals surface area (Å²) >= 11 is 0. The minimum atomic E-state index is -1.16. The average molecular weight is 429 g/mol. The lowest BCUT2D eigenvalue weighted by Gasteiger charge is -2.31. The van der Waals surface area contributed by atoms with Crippen molar-refractivity contribution < 1.29 is 5.11 Å². The van der Waals surface area contributed by atoms with Crippen molar-refractivity contribution in [3.8, 4) is 0 Å². The summed E-state index contributed by atoms with van der Waals surface area (Å²) in [4.78, 5) is 0. The molecule has 0 saturated carbocycles. The number of benzene rings is 3. The Morgan fingerprint density at radius 2 is 0.719 bits per heavy atom. The molecule has 0 fully saturated rings. The van der Waals surface area contributed by atoms with E-state index in [1.54, 1.807) is 0 Å². The molecule has 0 amide bonds. The molecule has 0 bridgehead atoms. The predicted molar refractivity (Wildman–Crippen MR) is 137 cm³/mol. The fourth-order valence-corrected chi connectivity index (χ4v) is 4.38. The Labute approximate surface area is 195 Å². The first-order valence-corrected chi connectivity index (χ1v) is 12.6. The van der Waals surface area contributed by atoms with E-state index in [1.807, 2.05) is 0 Å². The second-order valence-electron chi connectivity index (χ2n) is 9.11. The van der Waals surface area contributed by atoms with E-state index in [2.05, 4.69) is 93.6 Å². The molecule has 0 heterocycles. The second-order valence-corrected chi connectivity index (χ2v) is 9.11. The summed E-state index contributed by atoms with van der Waals surface area (Å²) in [5.41, 5.74) is 5.64. The SMILES string of the molecule is CCCCc1ccc(C(O)(c2ccc(CCCC)cc2)c2ccc(CCCC)cc2)cc1. The van der Waals surface area contributed by atoms with Gasteiger partial charge in [0.25, 0.3) is 0 Å². The van der Waals surface area contributed by atoms with Crippen LogP contribution in [0.2, 0.25) is 0 Å². The topological polar surface area (TPSA) is 20.2 Å². The molecule has 1 heteroatoms. The Morgan fingerprint density at radius 1 is 0.469 bits per heavy atom. The van der Waals surface area contributed by atoms with Gasteiger partial charge in [0.1, 0.15) is 5.60 Å². The first-order valence-electron chi connectivity index (χ1n) is 12.6. The number of hydrogen-bond acceptors (Lipinski definition) is 1. The molecule has 3 aromatic rings. The Bertz CT molecular complexity index is 795. The van der Waals surface area contributed by atoms with Gasteiger partial charge >= 0.3 is 0 Å². The lowest BCUT2D eigenvalue weighted by molar-refractivity contribution is 0.125. The highest BCUT2D eigenvalue weighted by Crippen LogP contribution is 2.37. The van der Waals surface area contributed by atoms with Crippen molar-refractivity contribution in [2.24, 2.45) is 0 Å². The number of rotatable bonds is 12. The van der Waals surface area contributed by atoms with Crippen LogP contribution in [0.1, 0.15) is 92.7 Å². The van der Waals surface area contributed by atoms with Crippen molar-refractivity contribution in [3.05, 3.63) is 106 Å². The molecule has 0 atom stereocenters. The van der Waals surface area contributed by atoms with Gasteiger partial charge in [-0.3, -0.25) is 0 Å². The summed E-state index contributed by atoms with van der Waals surface area (Å²) < 4.78 is 0. The van der Waals surface area contributed by atoms with Gasteiger partial charge in [-0.05, 0) is 71.9 Å². The minimum absolute atomic E-state index is 0.931. The zero-order valence-corrected chi connectivity index (χ0v) is 20.2. The van der Waals surface area contributed by atoms with E-state index in [0.717, 1.165) is 36.0 Å². The van der Waals surface area contributed by atoms with Gasteiger partial charge in [0, 0.05) is 0 Å². The van der Waals surface area contributed by atoms with E-state index in [4.69, 9.17) is 0 Å². The van der Waals surface area contributed by atoms with E-state index in [0.29, 0.717) is 0 Å². The van der Waals surface area contributed by atoms with Crippen molar-refractivity contribution in [1.82, 2.24) is 0 Å². The monoisotopic (exact) mass is 428 g/mol. The molecular weight excluding hydrogens is 388 g/mol. The lowest BCUT2D eigenvalue weighted by Crippen LogP contribution is -2.29. The molecule has 0 aliphatic carbocycles. The number of aryl methyl sites for hydroxylation is 3. The maximum Gasteiger partial charge on any atom is 0.140 e. The van der Waals surface area contributed by atoms with Crippen LogP contribution in [-0.2, 0) is 24.9 Å². The quantitative estimate of drug-likeness (QED) is 0.290. The summed E-state index contributed by atoms with van der Waals surface area (Å²) in [5, 5.41) is 12.2. The first kappa shape index (κ1) is 24.3. The highest BCUT2D eigenvalue weighted by atomic mass is 16.3. The molecule has 1 nitrogen and oxygen atoms in total. The second kappa shape index (κ2) is 12.0. The normalized spacial score (nSPS) is 11.6. The van der Waals surface area contributed by atoms with Crippen LogP contribution in [0.4, 0.5) is 0 Å². The van der Waals surface area contributed by atoms with Gasteiger partial charge < -0.3 is 5.11 Å². The van der Waals surface area contributed by atoms with Crippen molar-refractivity contribution in [2.75, 3.05) is 0 Å². The van der Waals surface area contributed by atoms with Crippen LogP contribution < -0.4 is 0 Å². The molecule has 170 valence electrons. The molecule has 0 aromatic heterocycles. The van der Waals surface area contributed by atoms with Gasteiger partial charge in [0.2, 0.25) is 0 Å². The van der Waals surface area contributed by atoms with E-state index < -0.39 is 5.60 Å². The average Bonchev–Trinajstić information content (AvgIpc) is 2.85. The maximum atomic E-state index is 12.2. The zero-order valence-electron chi connectivity index (χ0n) is 20.2. The fraction of sp³-hybridized carbons (Fsp3) is 0.419. The van der Waals surface area contributed by atoms with Crippen LogP contribution in [0.25, 0.3) is 0 Å². The third-order valence-electron chi connectivity index (χ3n) is 6.57. The summed E-state index contributed by atoms with van der Waals surface area (Å²) in [5.74, 6) is 0. The lowest BCUT2D eigenvalue weighted by atomic mass is 9.79. The van der Waals surface area contributed by atoms with Gasteiger partial charge in [-0.15, -0.1) is 0 Å². The molecule has 1 N–H and O–H groups in total. The van der Waals surface area contributed by atoms with E-state index in [-0.39, 0.29) is 0 Å². The van der Waals surface area contributed by atoms with Gasteiger partial charge in [0.15, 0.2) is 0 Å². The third-order valence-corrected chi connectivity index (χ3v) is 6.57. The van der Waals surface area contributed by atoms with Gasteiger partial charge in [0.05, 0.1) is 0 Å². The van der Waals surface area contributed by atoms with E-state index in [9.17, 15) is 5.11 Å². The molecule has 0 radical (unpaired) electrons. The summed E-state index contributed by atoms with van der Waals surface area (Å²) in [7, 11) is 0. The highest BCUT2D eigenvalue weighted by Gasteiger charge is 2.33. The molecule has 0 aliphatic rings. The van der Waals surface area contributed by atoms with Crippen LogP contribution in [0.5, 0.6) is 0 Å². The van der Waals surface area contributed by atoms with Crippen LogP contribution in [0, 0.1) is 0 Å². The van der Waals surface area contributed by atoms with Crippen molar-refractivity contribution >= 4 is 0 Å². The van der Waals surface area contributed by atoms with Crippen LogP contribution in [-0.4, -0.2) is 5.11 Å². The summed E-state index contributed by atoms with van der Waals surface area (Å²) in [6.45, 7) is 6.67. The smallest absolute Gasteiger partial charge is 0.140 e. The molecule has 32 heavy (non-hydrogen) atoms. The van der Waals surface area contributed by atoms with Gasteiger partial charge in [-0.2, -0.15) is 0 Å². The number of unbranched alkanes of at least 4 members (excludes halogenated alkanes) is 3. The van der Waals surface area contributed by atoms with Crippen molar-refractivity contribution in [3.63, 3.8) is 0 Å². The fourth-order valence-electron chi connectivity index (χ4n) is 4.38. The Hall–Kier alpha value is -2.38. The van der Waals surface area contributed by atoms with Gasteiger partial charge in [-0.25, -0.2) is 0 Å². The molecule has 3 rings (SSSR count). The van der Waals surface area contributed by atoms with Crippen LogP contribution in [0.15, 0.2) is 72.8 Å². The number of hydrogen-bond donors (Lipinski definition) is 1. The zero-order chi connectivity index (χ0) is 22.8. The standard InChI is InChI=1S/C31H40O/c1-4-7-10-25-13-19-28(20-14-25)31(32,29-21-15-26(16-22-29)11-8-5-2)30-23-17-27(18-24-30)12-9-6-3/h13-24,32H,4-12H2,1-3H3. The Morgan fingerprint density at radius 3 is 0.938 bits per heavy atom. The molecule has 0 unspecified atom stereocenters. The largest absolute Gasteiger partial charge is 0.376 e.